The van der Waals surface area contributed by atoms with E-state index in [1.54, 1.807) is 44.7 Å². The van der Waals surface area contributed by atoms with Crippen LogP contribution >= 0.6 is 12.2 Å². The van der Waals surface area contributed by atoms with E-state index in [1.807, 2.05) is 18.2 Å². The Hall–Kier alpha value is -2.80. The van der Waals surface area contributed by atoms with Gasteiger partial charge in [-0.1, -0.05) is 30.3 Å². The summed E-state index contributed by atoms with van der Waals surface area (Å²) in [6, 6.07) is 13.7. The van der Waals surface area contributed by atoms with Gasteiger partial charge in [0, 0.05) is 12.1 Å². The standard InChI is InChI=1S/C19H23N3O3S/c1-23-16-11-15(12-17(24-2)18(16)25-3)13-21-22(19(20)26)10-9-14-7-5-4-6-8-14/h4-8,11-13H,9-10H2,1-3H3,(H2,20,26)/b21-13-. The third kappa shape index (κ3) is 5.10. The molecular weight excluding hydrogens is 350 g/mol. The highest BCUT2D eigenvalue weighted by molar-refractivity contribution is 7.80. The molecule has 0 aromatic heterocycles. The van der Waals surface area contributed by atoms with Crippen LogP contribution in [0.3, 0.4) is 0 Å². The molecular formula is C19H23N3O3S. The second-order valence-electron chi connectivity index (χ2n) is 5.40. The molecule has 7 heteroatoms. The fraction of sp³-hybridized carbons (Fsp3) is 0.263. The van der Waals surface area contributed by atoms with Crippen LogP contribution in [0.25, 0.3) is 0 Å². The maximum Gasteiger partial charge on any atom is 0.203 e. The third-order valence-electron chi connectivity index (χ3n) is 3.74. The molecule has 2 N–H and O–H groups in total. The summed E-state index contributed by atoms with van der Waals surface area (Å²) in [6.07, 6.45) is 2.44. The fourth-order valence-corrected chi connectivity index (χ4v) is 2.56. The number of hydrazone groups is 1. The van der Waals surface area contributed by atoms with Crippen molar-refractivity contribution in [2.24, 2.45) is 10.8 Å². The van der Waals surface area contributed by atoms with Crippen LogP contribution in [0.5, 0.6) is 17.2 Å². The Balaban J connectivity index is 2.17. The molecule has 0 heterocycles. The van der Waals surface area contributed by atoms with Gasteiger partial charge in [0.1, 0.15) is 0 Å². The van der Waals surface area contributed by atoms with Gasteiger partial charge in [-0.3, -0.25) is 0 Å². The first-order valence-electron chi connectivity index (χ1n) is 8.04. The van der Waals surface area contributed by atoms with Gasteiger partial charge in [0.2, 0.25) is 5.75 Å². The Labute approximate surface area is 159 Å². The first-order valence-corrected chi connectivity index (χ1v) is 8.44. The van der Waals surface area contributed by atoms with Crippen LogP contribution in [0.15, 0.2) is 47.6 Å². The summed E-state index contributed by atoms with van der Waals surface area (Å²) in [4.78, 5) is 0. The summed E-state index contributed by atoms with van der Waals surface area (Å²) in [5.41, 5.74) is 7.77. The van der Waals surface area contributed by atoms with Crippen LogP contribution < -0.4 is 19.9 Å². The summed E-state index contributed by atoms with van der Waals surface area (Å²) >= 11 is 5.11. The highest BCUT2D eigenvalue weighted by Crippen LogP contribution is 2.37. The zero-order valence-electron chi connectivity index (χ0n) is 15.1. The van der Waals surface area contributed by atoms with E-state index in [2.05, 4.69) is 17.2 Å². The molecule has 0 saturated carbocycles. The quantitative estimate of drug-likeness (QED) is 0.436. The Bertz CT molecular complexity index is 741. The molecule has 138 valence electrons. The summed E-state index contributed by atoms with van der Waals surface area (Å²) in [7, 11) is 4.70. The Morgan fingerprint density at radius 2 is 1.69 bits per heavy atom. The van der Waals surface area contributed by atoms with Crippen molar-refractivity contribution in [3.8, 4) is 17.2 Å². The molecule has 0 aliphatic rings. The molecule has 0 unspecified atom stereocenters. The number of benzene rings is 2. The van der Waals surface area contributed by atoms with Gasteiger partial charge in [-0.25, -0.2) is 5.01 Å². The molecule has 0 aliphatic heterocycles. The number of hydrogen-bond acceptors (Lipinski definition) is 5. The molecule has 2 rings (SSSR count). The lowest BCUT2D eigenvalue weighted by Crippen LogP contribution is -2.32. The van der Waals surface area contributed by atoms with Crippen molar-refractivity contribution >= 4 is 23.5 Å². The number of methoxy groups -OCH3 is 3. The van der Waals surface area contributed by atoms with E-state index in [4.69, 9.17) is 32.2 Å². The van der Waals surface area contributed by atoms with Gasteiger partial charge in [-0.2, -0.15) is 5.10 Å². The zero-order valence-corrected chi connectivity index (χ0v) is 16.0. The number of nitrogens with two attached hydrogens (primary N) is 1. The Kier molecular flexibility index (Phi) is 7.23. The van der Waals surface area contributed by atoms with Gasteiger partial charge >= 0.3 is 0 Å². The van der Waals surface area contributed by atoms with Crippen molar-refractivity contribution in [3.63, 3.8) is 0 Å². The molecule has 0 atom stereocenters. The molecule has 0 amide bonds. The Morgan fingerprint density at radius 3 is 2.19 bits per heavy atom. The average Bonchev–Trinajstić information content (AvgIpc) is 2.67. The van der Waals surface area contributed by atoms with Crippen LogP contribution in [0, 0.1) is 0 Å². The normalized spacial score (nSPS) is 10.6. The smallest absolute Gasteiger partial charge is 0.203 e. The predicted molar refractivity (Wildman–Crippen MR) is 107 cm³/mol. The largest absolute Gasteiger partial charge is 0.493 e. The van der Waals surface area contributed by atoms with Crippen molar-refractivity contribution in [2.75, 3.05) is 27.9 Å². The lowest BCUT2D eigenvalue weighted by atomic mass is 10.1. The molecule has 0 spiro atoms. The highest BCUT2D eigenvalue weighted by atomic mass is 32.1. The minimum Gasteiger partial charge on any atom is -0.493 e. The van der Waals surface area contributed by atoms with Crippen LogP contribution in [0.1, 0.15) is 11.1 Å². The summed E-state index contributed by atoms with van der Waals surface area (Å²) in [6.45, 7) is 0.584. The lowest BCUT2D eigenvalue weighted by Gasteiger charge is -2.17. The number of thiocarbonyl (C=S) groups is 1. The number of ether oxygens (including phenoxy) is 3. The molecule has 0 saturated heterocycles. The topological polar surface area (TPSA) is 69.3 Å². The SMILES string of the molecule is COc1cc(/C=N\N(CCc2ccccc2)C(N)=S)cc(OC)c1OC. The second kappa shape index (κ2) is 9.62. The molecule has 0 radical (unpaired) electrons. The molecule has 2 aromatic rings. The highest BCUT2D eigenvalue weighted by Gasteiger charge is 2.12. The van der Waals surface area contributed by atoms with E-state index in [1.165, 1.54) is 5.56 Å². The van der Waals surface area contributed by atoms with Gasteiger partial charge in [0.05, 0.1) is 27.5 Å². The van der Waals surface area contributed by atoms with E-state index in [0.717, 1.165) is 12.0 Å². The minimum atomic E-state index is 0.213. The third-order valence-corrected chi connectivity index (χ3v) is 3.95. The molecule has 0 bridgehead atoms. The van der Waals surface area contributed by atoms with E-state index < -0.39 is 0 Å². The van der Waals surface area contributed by atoms with Gasteiger partial charge in [0.25, 0.3) is 0 Å². The van der Waals surface area contributed by atoms with Crippen molar-refractivity contribution in [3.05, 3.63) is 53.6 Å². The molecule has 26 heavy (non-hydrogen) atoms. The zero-order chi connectivity index (χ0) is 18.9. The monoisotopic (exact) mass is 373 g/mol. The van der Waals surface area contributed by atoms with Gasteiger partial charge in [0.15, 0.2) is 16.6 Å². The molecule has 0 fully saturated rings. The van der Waals surface area contributed by atoms with E-state index in [0.29, 0.717) is 23.8 Å². The van der Waals surface area contributed by atoms with Gasteiger partial charge < -0.3 is 19.9 Å². The van der Waals surface area contributed by atoms with Crippen molar-refractivity contribution in [2.45, 2.75) is 6.42 Å². The first kappa shape index (κ1) is 19.5. The maximum absolute atomic E-state index is 5.80. The predicted octanol–water partition coefficient (Wildman–Crippen LogP) is 2.83. The van der Waals surface area contributed by atoms with Gasteiger partial charge in [-0.15, -0.1) is 0 Å². The van der Waals surface area contributed by atoms with Gasteiger partial charge in [-0.05, 0) is 36.3 Å². The van der Waals surface area contributed by atoms with Crippen molar-refractivity contribution in [1.82, 2.24) is 5.01 Å². The van der Waals surface area contributed by atoms with E-state index in [-0.39, 0.29) is 5.11 Å². The second-order valence-corrected chi connectivity index (χ2v) is 5.82. The van der Waals surface area contributed by atoms with Crippen LogP contribution in [-0.4, -0.2) is 44.2 Å². The lowest BCUT2D eigenvalue weighted by molar-refractivity contribution is 0.324. The van der Waals surface area contributed by atoms with Crippen molar-refractivity contribution in [1.29, 1.82) is 0 Å². The van der Waals surface area contributed by atoms with Crippen LogP contribution in [-0.2, 0) is 6.42 Å². The fourth-order valence-electron chi connectivity index (χ4n) is 2.42. The van der Waals surface area contributed by atoms with Crippen LogP contribution in [0.2, 0.25) is 0 Å². The number of rotatable bonds is 8. The number of nitrogens with zero attached hydrogens (tertiary/aromatic N) is 2. The van der Waals surface area contributed by atoms with Crippen LogP contribution in [0.4, 0.5) is 0 Å². The molecule has 2 aromatic carbocycles. The van der Waals surface area contributed by atoms with E-state index in [9.17, 15) is 0 Å². The molecule has 0 aliphatic carbocycles. The number of hydrogen-bond donors (Lipinski definition) is 1. The average molecular weight is 373 g/mol. The maximum atomic E-state index is 5.80. The summed E-state index contributed by atoms with van der Waals surface area (Å²) in [5.74, 6) is 1.64. The van der Waals surface area contributed by atoms with E-state index >= 15 is 0 Å². The van der Waals surface area contributed by atoms with Crippen molar-refractivity contribution < 1.29 is 14.2 Å². The summed E-state index contributed by atoms with van der Waals surface area (Å²) in [5, 5.41) is 6.21. The molecule has 6 nitrogen and oxygen atoms in total. The summed E-state index contributed by atoms with van der Waals surface area (Å²) < 4.78 is 16.0. The minimum absolute atomic E-state index is 0.213. The Morgan fingerprint density at radius 1 is 1.08 bits per heavy atom. The first-order chi connectivity index (χ1) is 12.6.